The fourth-order valence-electron chi connectivity index (χ4n) is 2.57. The van der Waals surface area contributed by atoms with Crippen LogP contribution in [0.25, 0.3) is 0 Å². The Hall–Kier alpha value is -0.810. The van der Waals surface area contributed by atoms with E-state index in [1.807, 2.05) is 9.80 Å². The number of amides is 2. The van der Waals surface area contributed by atoms with Gasteiger partial charge in [-0.15, -0.1) is 0 Å². The standard InChI is InChI=1S/C12H22N2O3/c1-16-10-11-3-2-4-14(9-11)12(15)13-5-7-17-8-6-13/h11H,2-10H2,1H3. The summed E-state index contributed by atoms with van der Waals surface area (Å²) in [6.45, 7) is 5.27. The lowest BCUT2D eigenvalue weighted by atomic mass is 9.99. The minimum atomic E-state index is 0.175. The Labute approximate surface area is 103 Å². The second kappa shape index (κ2) is 6.21. The highest BCUT2D eigenvalue weighted by atomic mass is 16.5. The molecule has 0 spiro atoms. The Morgan fingerprint density at radius 2 is 2.06 bits per heavy atom. The van der Waals surface area contributed by atoms with Gasteiger partial charge < -0.3 is 19.3 Å². The van der Waals surface area contributed by atoms with Crippen LogP contribution in [0.2, 0.25) is 0 Å². The van der Waals surface area contributed by atoms with Crippen molar-refractivity contribution >= 4 is 6.03 Å². The van der Waals surface area contributed by atoms with Crippen LogP contribution in [0.15, 0.2) is 0 Å². The molecule has 0 radical (unpaired) electrons. The molecule has 2 aliphatic rings. The van der Waals surface area contributed by atoms with Gasteiger partial charge in [0.25, 0.3) is 0 Å². The molecule has 0 N–H and O–H groups in total. The SMILES string of the molecule is COCC1CCCN(C(=O)N2CCOCC2)C1. The third-order valence-electron chi connectivity index (χ3n) is 3.47. The number of piperidine rings is 1. The monoisotopic (exact) mass is 242 g/mol. The van der Waals surface area contributed by atoms with E-state index in [-0.39, 0.29) is 6.03 Å². The van der Waals surface area contributed by atoms with Crippen molar-refractivity contribution < 1.29 is 14.3 Å². The molecule has 2 aliphatic heterocycles. The van der Waals surface area contributed by atoms with Crippen LogP contribution in [0, 0.1) is 5.92 Å². The van der Waals surface area contributed by atoms with Crippen LogP contribution in [0.3, 0.4) is 0 Å². The molecule has 5 nitrogen and oxygen atoms in total. The number of likely N-dealkylation sites (tertiary alicyclic amines) is 1. The Morgan fingerprint density at radius 1 is 1.29 bits per heavy atom. The van der Waals surface area contributed by atoms with E-state index in [0.29, 0.717) is 19.1 Å². The van der Waals surface area contributed by atoms with Crippen molar-refractivity contribution in [2.24, 2.45) is 5.92 Å². The van der Waals surface area contributed by atoms with Gasteiger partial charge in [0, 0.05) is 39.2 Å². The first-order valence-corrected chi connectivity index (χ1v) is 6.42. The van der Waals surface area contributed by atoms with E-state index in [4.69, 9.17) is 9.47 Å². The van der Waals surface area contributed by atoms with Gasteiger partial charge in [-0.05, 0) is 12.8 Å². The summed E-state index contributed by atoms with van der Waals surface area (Å²) in [7, 11) is 1.72. The maximum absolute atomic E-state index is 12.3. The number of carbonyl (C=O) groups excluding carboxylic acids is 1. The Balaban J connectivity index is 1.85. The van der Waals surface area contributed by atoms with Crippen molar-refractivity contribution in [2.75, 3.05) is 53.1 Å². The van der Waals surface area contributed by atoms with Crippen molar-refractivity contribution in [3.63, 3.8) is 0 Å². The smallest absolute Gasteiger partial charge is 0.320 e. The number of carbonyl (C=O) groups is 1. The third-order valence-corrected chi connectivity index (χ3v) is 3.47. The molecule has 17 heavy (non-hydrogen) atoms. The molecular formula is C12H22N2O3. The minimum absolute atomic E-state index is 0.175. The number of hydrogen-bond donors (Lipinski definition) is 0. The van der Waals surface area contributed by atoms with Gasteiger partial charge in [-0.2, -0.15) is 0 Å². The van der Waals surface area contributed by atoms with Crippen LogP contribution in [-0.2, 0) is 9.47 Å². The van der Waals surface area contributed by atoms with Gasteiger partial charge in [0.15, 0.2) is 0 Å². The summed E-state index contributed by atoms with van der Waals surface area (Å²) in [6, 6.07) is 0.175. The third kappa shape index (κ3) is 3.33. The number of nitrogens with zero attached hydrogens (tertiary/aromatic N) is 2. The second-order valence-corrected chi connectivity index (χ2v) is 4.79. The fourth-order valence-corrected chi connectivity index (χ4v) is 2.57. The summed E-state index contributed by atoms with van der Waals surface area (Å²) in [5.74, 6) is 0.499. The predicted molar refractivity (Wildman–Crippen MR) is 64.0 cm³/mol. The molecule has 0 bridgehead atoms. The van der Waals surface area contributed by atoms with Crippen molar-refractivity contribution in [2.45, 2.75) is 12.8 Å². The Morgan fingerprint density at radius 3 is 2.76 bits per heavy atom. The van der Waals surface area contributed by atoms with Gasteiger partial charge in [-0.1, -0.05) is 0 Å². The summed E-state index contributed by atoms with van der Waals surface area (Å²) >= 11 is 0. The number of hydrogen-bond acceptors (Lipinski definition) is 3. The van der Waals surface area contributed by atoms with Gasteiger partial charge in [0.1, 0.15) is 0 Å². The summed E-state index contributed by atoms with van der Waals surface area (Å²) in [5.41, 5.74) is 0. The van der Waals surface area contributed by atoms with Crippen LogP contribution in [0.4, 0.5) is 4.79 Å². The summed E-state index contributed by atoms with van der Waals surface area (Å²) in [6.07, 6.45) is 2.25. The van der Waals surface area contributed by atoms with Crippen LogP contribution < -0.4 is 0 Å². The molecule has 0 aromatic rings. The number of morpholine rings is 1. The van der Waals surface area contributed by atoms with E-state index < -0.39 is 0 Å². The molecule has 2 heterocycles. The first-order chi connectivity index (χ1) is 8.31. The first kappa shape index (κ1) is 12.6. The van der Waals surface area contributed by atoms with Crippen LogP contribution >= 0.6 is 0 Å². The topological polar surface area (TPSA) is 42.0 Å². The van der Waals surface area contributed by atoms with Gasteiger partial charge >= 0.3 is 6.03 Å². The molecule has 98 valence electrons. The number of rotatable bonds is 2. The Bertz CT molecular complexity index is 252. The molecule has 2 saturated heterocycles. The molecule has 0 aromatic carbocycles. The second-order valence-electron chi connectivity index (χ2n) is 4.79. The molecular weight excluding hydrogens is 220 g/mol. The minimum Gasteiger partial charge on any atom is -0.384 e. The number of methoxy groups -OCH3 is 1. The Kier molecular flexibility index (Phi) is 4.62. The molecule has 0 aromatic heterocycles. The van der Waals surface area contributed by atoms with Crippen molar-refractivity contribution in [1.29, 1.82) is 0 Å². The summed E-state index contributed by atoms with van der Waals surface area (Å²) in [4.78, 5) is 16.1. The molecule has 2 rings (SSSR count). The highest BCUT2D eigenvalue weighted by molar-refractivity contribution is 5.74. The largest absolute Gasteiger partial charge is 0.384 e. The molecule has 0 saturated carbocycles. The van der Waals surface area contributed by atoms with E-state index >= 15 is 0 Å². The zero-order valence-electron chi connectivity index (χ0n) is 10.6. The summed E-state index contributed by atoms with van der Waals surface area (Å²) in [5, 5.41) is 0. The highest BCUT2D eigenvalue weighted by Gasteiger charge is 2.27. The van der Waals surface area contributed by atoms with Crippen molar-refractivity contribution in [3.8, 4) is 0 Å². The zero-order chi connectivity index (χ0) is 12.1. The first-order valence-electron chi connectivity index (χ1n) is 6.42. The van der Waals surface area contributed by atoms with Crippen molar-refractivity contribution in [1.82, 2.24) is 9.80 Å². The van der Waals surface area contributed by atoms with Crippen LogP contribution in [-0.4, -0.2) is 68.9 Å². The van der Waals surface area contributed by atoms with Crippen LogP contribution in [0.5, 0.6) is 0 Å². The van der Waals surface area contributed by atoms with E-state index in [0.717, 1.165) is 39.2 Å². The molecule has 2 amide bonds. The lowest BCUT2D eigenvalue weighted by Gasteiger charge is -2.37. The fraction of sp³-hybridized carbons (Fsp3) is 0.917. The van der Waals surface area contributed by atoms with Crippen LogP contribution in [0.1, 0.15) is 12.8 Å². The zero-order valence-corrected chi connectivity index (χ0v) is 10.6. The molecule has 1 atom stereocenters. The van der Waals surface area contributed by atoms with Gasteiger partial charge in [-0.3, -0.25) is 0 Å². The quantitative estimate of drug-likeness (QED) is 0.719. The maximum Gasteiger partial charge on any atom is 0.320 e. The van der Waals surface area contributed by atoms with E-state index in [1.54, 1.807) is 7.11 Å². The molecule has 2 fully saturated rings. The summed E-state index contributed by atoms with van der Waals surface area (Å²) < 4.78 is 10.4. The molecule has 0 aliphatic carbocycles. The van der Waals surface area contributed by atoms with Gasteiger partial charge in [0.2, 0.25) is 0 Å². The van der Waals surface area contributed by atoms with Gasteiger partial charge in [-0.25, -0.2) is 4.79 Å². The average Bonchev–Trinajstić information content (AvgIpc) is 2.40. The predicted octanol–water partition coefficient (Wildman–Crippen LogP) is 0.797. The van der Waals surface area contributed by atoms with Crippen molar-refractivity contribution in [3.05, 3.63) is 0 Å². The molecule has 5 heteroatoms. The maximum atomic E-state index is 12.3. The van der Waals surface area contributed by atoms with E-state index in [9.17, 15) is 4.79 Å². The average molecular weight is 242 g/mol. The lowest BCUT2D eigenvalue weighted by Crippen LogP contribution is -2.51. The number of ether oxygens (including phenoxy) is 2. The molecule has 1 unspecified atom stereocenters. The lowest BCUT2D eigenvalue weighted by molar-refractivity contribution is 0.0349. The van der Waals surface area contributed by atoms with Gasteiger partial charge in [0.05, 0.1) is 19.8 Å². The highest BCUT2D eigenvalue weighted by Crippen LogP contribution is 2.18. The normalized spacial score (nSPS) is 26.1. The van der Waals surface area contributed by atoms with E-state index in [1.165, 1.54) is 6.42 Å². The van der Waals surface area contributed by atoms with E-state index in [2.05, 4.69) is 0 Å². The number of urea groups is 1.